The first-order valence-electron chi connectivity index (χ1n) is 12.3. The van der Waals surface area contributed by atoms with Gasteiger partial charge in [0, 0.05) is 56.2 Å². The summed E-state index contributed by atoms with van der Waals surface area (Å²) in [6, 6.07) is 8.58. The first kappa shape index (κ1) is 27.1. The molecule has 1 unspecified atom stereocenters. The van der Waals surface area contributed by atoms with Crippen molar-refractivity contribution in [2.24, 2.45) is 0 Å². The summed E-state index contributed by atoms with van der Waals surface area (Å²) in [7, 11) is 0. The summed E-state index contributed by atoms with van der Waals surface area (Å²) in [6.07, 6.45) is -6.72. The maximum absolute atomic E-state index is 13.9. The van der Waals surface area contributed by atoms with Gasteiger partial charge in [0.25, 0.3) is 0 Å². The normalized spacial score (nSPS) is 19.9. The van der Waals surface area contributed by atoms with Crippen LogP contribution >= 0.6 is 0 Å². The number of alkyl halides is 6. The number of hydrogen-bond donors (Lipinski definition) is 1. The van der Waals surface area contributed by atoms with E-state index in [-0.39, 0.29) is 23.9 Å². The Morgan fingerprint density at radius 1 is 0.974 bits per heavy atom. The van der Waals surface area contributed by atoms with E-state index in [2.05, 4.69) is 4.90 Å². The van der Waals surface area contributed by atoms with Gasteiger partial charge in [0.2, 0.25) is 0 Å². The van der Waals surface area contributed by atoms with Crippen LogP contribution in [0.2, 0.25) is 0 Å². The number of nitrogens with zero attached hydrogens (tertiary/aromatic N) is 3. The molecule has 0 spiro atoms. The number of para-hydroxylation sites is 1. The third-order valence-corrected chi connectivity index (χ3v) is 7.17. The van der Waals surface area contributed by atoms with Gasteiger partial charge in [-0.15, -0.1) is 0 Å². The Balaban J connectivity index is 1.52. The van der Waals surface area contributed by atoms with Crippen LogP contribution < -0.4 is 4.90 Å². The van der Waals surface area contributed by atoms with Crippen molar-refractivity contribution >= 4 is 11.7 Å². The number of carbonyl (C=O) groups is 1. The van der Waals surface area contributed by atoms with Gasteiger partial charge in [0.05, 0.1) is 24.3 Å². The van der Waals surface area contributed by atoms with Crippen LogP contribution in [0.5, 0.6) is 0 Å². The molecule has 2 aromatic carbocycles. The van der Waals surface area contributed by atoms with Gasteiger partial charge in [0.15, 0.2) is 0 Å². The van der Waals surface area contributed by atoms with Crippen LogP contribution in [0.3, 0.4) is 0 Å². The highest BCUT2D eigenvalue weighted by atomic mass is 19.4. The molecule has 6 nitrogen and oxygen atoms in total. The second kappa shape index (κ2) is 10.2. The van der Waals surface area contributed by atoms with E-state index >= 15 is 0 Å². The van der Waals surface area contributed by atoms with Gasteiger partial charge < -0.3 is 19.6 Å². The number of morpholine rings is 1. The molecule has 3 aliphatic heterocycles. The van der Waals surface area contributed by atoms with Crippen LogP contribution in [0.15, 0.2) is 66.1 Å². The van der Waals surface area contributed by atoms with Crippen LogP contribution in [0.1, 0.15) is 28.2 Å². The van der Waals surface area contributed by atoms with Crippen LogP contribution in [0.4, 0.5) is 32.0 Å². The standard InChI is InChI=1S/C27H25F6N3O3/c28-26(29,30)18-6-5-17(21(13-18)27(31,32)33)15-36-22-4-2-1-3-19(22)20-14-23(25(37)38)35(16-24(20)36)8-7-34-9-11-39-12-10-34/h1-6,13-14,16,20H,7-12,15H2,(H,37,38). The molecule has 0 radical (unpaired) electrons. The Morgan fingerprint density at radius 3 is 2.36 bits per heavy atom. The molecule has 1 N–H and O–H groups in total. The number of allylic oxidation sites excluding steroid dienone is 1. The average Bonchev–Trinajstić information content (AvgIpc) is 3.19. The smallest absolute Gasteiger partial charge is 0.416 e. The number of aliphatic carboxylic acids is 1. The topological polar surface area (TPSA) is 56.3 Å². The number of benzene rings is 2. The predicted molar refractivity (Wildman–Crippen MR) is 130 cm³/mol. The SMILES string of the molecule is O=C(O)C1=CC2C(=CN1CCN1CCOCC1)N(Cc1ccc(C(F)(F)F)cc1C(F)(F)F)c1ccccc12. The first-order chi connectivity index (χ1) is 18.4. The van der Waals surface area contributed by atoms with Crippen molar-refractivity contribution in [3.05, 3.63) is 88.4 Å². The van der Waals surface area contributed by atoms with Crippen molar-refractivity contribution in [1.82, 2.24) is 9.80 Å². The predicted octanol–water partition coefficient (Wildman–Crippen LogP) is 5.29. The highest BCUT2D eigenvalue weighted by Crippen LogP contribution is 2.48. The molecule has 1 atom stereocenters. The maximum atomic E-state index is 13.9. The van der Waals surface area contributed by atoms with Crippen LogP contribution in [-0.2, 0) is 28.4 Å². The number of rotatable bonds is 6. The zero-order chi connectivity index (χ0) is 27.9. The van der Waals surface area contributed by atoms with Crippen molar-refractivity contribution in [2.75, 3.05) is 44.3 Å². The van der Waals surface area contributed by atoms with E-state index in [0.29, 0.717) is 62.4 Å². The lowest BCUT2D eigenvalue weighted by molar-refractivity contribution is -0.143. The summed E-state index contributed by atoms with van der Waals surface area (Å²) in [5, 5.41) is 9.93. The first-order valence-corrected chi connectivity index (χ1v) is 12.3. The number of carboxylic acids is 1. The second-order valence-corrected chi connectivity index (χ2v) is 9.55. The minimum Gasteiger partial charge on any atom is -0.477 e. The Labute approximate surface area is 220 Å². The average molecular weight is 554 g/mol. The fourth-order valence-corrected chi connectivity index (χ4v) is 5.23. The van der Waals surface area contributed by atoms with Crippen molar-refractivity contribution in [3.63, 3.8) is 0 Å². The van der Waals surface area contributed by atoms with Gasteiger partial charge in [-0.05, 0) is 35.4 Å². The minimum atomic E-state index is -5.00. The Bertz CT molecular complexity index is 1310. The quantitative estimate of drug-likeness (QED) is 0.491. The number of ether oxygens (including phenoxy) is 1. The molecule has 3 aliphatic rings. The van der Waals surface area contributed by atoms with Gasteiger partial charge in [-0.2, -0.15) is 26.3 Å². The Hall–Kier alpha value is -3.51. The Morgan fingerprint density at radius 2 is 1.69 bits per heavy atom. The molecule has 2 aromatic rings. The lowest BCUT2D eigenvalue weighted by atomic mass is 9.95. The molecule has 1 saturated heterocycles. The summed E-state index contributed by atoms with van der Waals surface area (Å²) < 4.78 is 86.7. The molecule has 0 saturated carbocycles. The third kappa shape index (κ3) is 5.48. The number of fused-ring (bicyclic) bond motifs is 3. The van der Waals surface area contributed by atoms with E-state index in [0.717, 1.165) is 6.07 Å². The molecule has 5 rings (SSSR count). The van der Waals surface area contributed by atoms with Gasteiger partial charge >= 0.3 is 18.3 Å². The van der Waals surface area contributed by atoms with Crippen molar-refractivity contribution in [2.45, 2.75) is 24.8 Å². The van der Waals surface area contributed by atoms with Gasteiger partial charge in [-0.25, -0.2) is 4.79 Å². The zero-order valence-corrected chi connectivity index (χ0v) is 20.6. The van der Waals surface area contributed by atoms with Gasteiger partial charge in [-0.3, -0.25) is 4.90 Å². The summed E-state index contributed by atoms with van der Waals surface area (Å²) in [5.74, 6) is -1.67. The molecule has 12 heteroatoms. The molecule has 1 fully saturated rings. The molecular formula is C27H25F6N3O3. The number of halogens is 6. The van der Waals surface area contributed by atoms with Crippen molar-refractivity contribution in [3.8, 4) is 0 Å². The molecule has 0 aliphatic carbocycles. The summed E-state index contributed by atoms with van der Waals surface area (Å²) in [5.41, 5.74) is -1.18. The number of hydrogen-bond acceptors (Lipinski definition) is 5. The minimum absolute atomic E-state index is 0.0548. The maximum Gasteiger partial charge on any atom is 0.416 e. The second-order valence-electron chi connectivity index (χ2n) is 9.55. The van der Waals surface area contributed by atoms with Crippen LogP contribution in [0, 0.1) is 0 Å². The molecule has 208 valence electrons. The van der Waals surface area contributed by atoms with E-state index in [1.54, 1.807) is 46.3 Å². The molecule has 39 heavy (non-hydrogen) atoms. The van der Waals surface area contributed by atoms with Crippen molar-refractivity contribution < 1.29 is 41.0 Å². The van der Waals surface area contributed by atoms with E-state index in [1.807, 2.05) is 0 Å². The van der Waals surface area contributed by atoms with Crippen molar-refractivity contribution in [1.29, 1.82) is 0 Å². The molecule has 0 amide bonds. The molecule has 0 bridgehead atoms. The molecule has 0 aromatic heterocycles. The molecule has 3 heterocycles. The van der Waals surface area contributed by atoms with E-state index < -0.39 is 35.4 Å². The lowest BCUT2D eigenvalue weighted by Crippen LogP contribution is -2.41. The fourth-order valence-electron chi connectivity index (χ4n) is 5.23. The van der Waals surface area contributed by atoms with Gasteiger partial charge in [-0.1, -0.05) is 24.3 Å². The zero-order valence-electron chi connectivity index (χ0n) is 20.6. The molecular weight excluding hydrogens is 528 g/mol. The number of carboxylic acid groups (broad SMARTS) is 1. The van der Waals surface area contributed by atoms with Crippen LogP contribution in [0.25, 0.3) is 0 Å². The Kier molecular flexibility index (Phi) is 7.10. The van der Waals surface area contributed by atoms with E-state index in [1.165, 1.54) is 0 Å². The number of anilines is 1. The van der Waals surface area contributed by atoms with Gasteiger partial charge in [0.1, 0.15) is 5.70 Å². The summed E-state index contributed by atoms with van der Waals surface area (Å²) in [4.78, 5) is 17.5. The van der Waals surface area contributed by atoms with E-state index in [4.69, 9.17) is 4.74 Å². The van der Waals surface area contributed by atoms with E-state index in [9.17, 15) is 36.2 Å². The summed E-state index contributed by atoms with van der Waals surface area (Å²) >= 11 is 0. The third-order valence-electron chi connectivity index (χ3n) is 7.17. The van der Waals surface area contributed by atoms with Crippen LogP contribution in [-0.4, -0.2) is 60.3 Å². The fraction of sp³-hybridized carbons (Fsp3) is 0.370. The highest BCUT2D eigenvalue weighted by molar-refractivity contribution is 5.88. The summed E-state index contributed by atoms with van der Waals surface area (Å²) in [6.45, 7) is 3.07. The lowest BCUT2D eigenvalue weighted by Gasteiger charge is -2.34. The monoisotopic (exact) mass is 553 g/mol. The highest BCUT2D eigenvalue weighted by Gasteiger charge is 2.41. The largest absolute Gasteiger partial charge is 0.477 e.